The van der Waals surface area contributed by atoms with Crippen molar-refractivity contribution < 1.29 is 29.3 Å². The maximum absolute atomic E-state index is 13.1. The second-order valence-corrected chi connectivity index (χ2v) is 7.16. The van der Waals surface area contributed by atoms with Crippen LogP contribution in [0.2, 0.25) is 0 Å². The van der Waals surface area contributed by atoms with Crippen molar-refractivity contribution in [1.29, 1.82) is 0 Å². The Kier molecular flexibility index (Phi) is 5.47. The molecule has 1 atom stereocenters. The number of carbonyl (C=O) groups is 3. The highest BCUT2D eigenvalue weighted by molar-refractivity contribution is 6.51. The van der Waals surface area contributed by atoms with Gasteiger partial charge in [-0.1, -0.05) is 30.3 Å². The molecule has 1 fully saturated rings. The fourth-order valence-corrected chi connectivity index (χ4v) is 3.72. The molecule has 0 bridgehead atoms. The van der Waals surface area contributed by atoms with Crippen LogP contribution in [0.15, 0.2) is 84.4 Å². The van der Waals surface area contributed by atoms with Crippen molar-refractivity contribution >= 4 is 29.1 Å². The molecule has 1 aliphatic rings. The minimum absolute atomic E-state index is 0.0700. The van der Waals surface area contributed by atoms with Crippen LogP contribution in [0.1, 0.15) is 27.5 Å². The van der Waals surface area contributed by atoms with Crippen LogP contribution < -0.4 is 9.64 Å². The summed E-state index contributed by atoms with van der Waals surface area (Å²) in [6, 6.07) is 20.1. The Labute approximate surface area is 183 Å². The predicted octanol–water partition coefficient (Wildman–Crippen LogP) is 4.02. The van der Waals surface area contributed by atoms with Crippen LogP contribution in [0.3, 0.4) is 0 Å². The number of rotatable bonds is 5. The summed E-state index contributed by atoms with van der Waals surface area (Å²) in [5, 5.41) is 20.3. The number of carboxylic acids is 1. The molecule has 3 aromatic rings. The number of aromatic carboxylic acids is 1. The molecule has 32 heavy (non-hydrogen) atoms. The van der Waals surface area contributed by atoms with Gasteiger partial charge in [0.05, 0.1) is 24.3 Å². The highest BCUT2D eigenvalue weighted by Crippen LogP contribution is 2.42. The normalized spacial score (nSPS) is 17.4. The third-order valence-corrected chi connectivity index (χ3v) is 5.32. The fourth-order valence-electron chi connectivity index (χ4n) is 3.72. The Bertz CT molecular complexity index is 1210. The van der Waals surface area contributed by atoms with Gasteiger partial charge in [-0.2, -0.15) is 0 Å². The van der Waals surface area contributed by atoms with Gasteiger partial charge in [0.2, 0.25) is 0 Å². The van der Waals surface area contributed by atoms with E-state index in [0.717, 1.165) is 0 Å². The summed E-state index contributed by atoms with van der Waals surface area (Å²) >= 11 is 0. The minimum atomic E-state index is -1.09. The molecule has 1 amide bonds. The molecule has 4 rings (SSSR count). The van der Waals surface area contributed by atoms with Crippen LogP contribution >= 0.6 is 0 Å². The number of nitrogens with zero attached hydrogens (tertiary/aromatic N) is 1. The molecule has 0 saturated carbocycles. The second-order valence-electron chi connectivity index (χ2n) is 7.16. The lowest BCUT2D eigenvalue weighted by Crippen LogP contribution is -2.29. The zero-order valence-electron chi connectivity index (χ0n) is 17.1. The van der Waals surface area contributed by atoms with Crippen LogP contribution in [0.5, 0.6) is 5.75 Å². The molecule has 7 nitrogen and oxygen atoms in total. The van der Waals surface area contributed by atoms with E-state index in [-0.39, 0.29) is 16.9 Å². The third-order valence-electron chi connectivity index (χ3n) is 5.32. The Balaban J connectivity index is 1.90. The number of para-hydroxylation sites is 1. The Morgan fingerprint density at radius 2 is 1.44 bits per heavy atom. The van der Waals surface area contributed by atoms with Gasteiger partial charge in [-0.25, -0.2) is 4.79 Å². The van der Waals surface area contributed by atoms with Gasteiger partial charge in [0, 0.05) is 11.3 Å². The van der Waals surface area contributed by atoms with Crippen molar-refractivity contribution in [1.82, 2.24) is 0 Å². The molecule has 1 aliphatic heterocycles. The first-order valence-electron chi connectivity index (χ1n) is 9.76. The van der Waals surface area contributed by atoms with E-state index in [1.807, 2.05) is 0 Å². The highest BCUT2D eigenvalue weighted by Gasteiger charge is 2.46. The number of ketones is 1. The molecule has 1 heterocycles. The molecular weight excluding hydrogens is 410 g/mol. The molecule has 160 valence electrons. The summed E-state index contributed by atoms with van der Waals surface area (Å²) in [7, 11) is 1.51. The first-order chi connectivity index (χ1) is 15.4. The minimum Gasteiger partial charge on any atom is -0.507 e. The Morgan fingerprint density at radius 1 is 0.844 bits per heavy atom. The molecular formula is C25H19NO6. The number of methoxy groups -OCH3 is 1. The smallest absolute Gasteiger partial charge is 0.335 e. The van der Waals surface area contributed by atoms with Gasteiger partial charge < -0.3 is 14.9 Å². The average molecular weight is 429 g/mol. The van der Waals surface area contributed by atoms with Crippen LogP contribution in [0.4, 0.5) is 5.69 Å². The summed E-state index contributed by atoms with van der Waals surface area (Å²) in [5.41, 5.74) is 1.32. The van der Waals surface area contributed by atoms with Crippen LogP contribution in [-0.4, -0.2) is 35.0 Å². The van der Waals surface area contributed by atoms with Crippen LogP contribution in [0, 0.1) is 0 Å². The molecule has 1 saturated heterocycles. The van der Waals surface area contributed by atoms with Gasteiger partial charge in [-0.05, 0) is 54.1 Å². The number of aliphatic hydroxyl groups is 1. The fraction of sp³-hybridized carbons (Fsp3) is 0.0800. The van der Waals surface area contributed by atoms with Crippen molar-refractivity contribution in [2.75, 3.05) is 12.0 Å². The lowest BCUT2D eigenvalue weighted by Gasteiger charge is -2.25. The van der Waals surface area contributed by atoms with Crippen LogP contribution in [-0.2, 0) is 9.59 Å². The summed E-state index contributed by atoms with van der Waals surface area (Å²) in [5.74, 6) is -2.44. The number of ether oxygens (including phenoxy) is 1. The summed E-state index contributed by atoms with van der Waals surface area (Å²) in [6.07, 6.45) is 0. The van der Waals surface area contributed by atoms with E-state index in [0.29, 0.717) is 22.6 Å². The van der Waals surface area contributed by atoms with Gasteiger partial charge in [0.1, 0.15) is 11.5 Å². The number of amides is 1. The molecule has 0 radical (unpaired) electrons. The molecule has 2 N–H and O–H groups in total. The molecule has 0 aromatic heterocycles. The van der Waals surface area contributed by atoms with Gasteiger partial charge in [-0.3, -0.25) is 14.5 Å². The molecule has 0 spiro atoms. The third kappa shape index (κ3) is 3.60. The van der Waals surface area contributed by atoms with E-state index in [4.69, 9.17) is 4.74 Å². The van der Waals surface area contributed by atoms with E-state index in [9.17, 15) is 24.6 Å². The van der Waals surface area contributed by atoms with Gasteiger partial charge in [-0.15, -0.1) is 0 Å². The van der Waals surface area contributed by atoms with E-state index >= 15 is 0 Å². The maximum Gasteiger partial charge on any atom is 0.335 e. The number of Topliss-reactive ketones (excluding diaryl/α,β-unsaturated/α-hetero) is 1. The molecule has 7 heteroatoms. The van der Waals surface area contributed by atoms with Crippen molar-refractivity contribution in [3.63, 3.8) is 0 Å². The van der Waals surface area contributed by atoms with Crippen molar-refractivity contribution in [3.05, 3.63) is 101 Å². The zero-order valence-corrected chi connectivity index (χ0v) is 17.1. The largest absolute Gasteiger partial charge is 0.507 e. The first kappa shape index (κ1) is 20.9. The first-order valence-corrected chi connectivity index (χ1v) is 9.76. The Morgan fingerprint density at radius 3 is 2.00 bits per heavy atom. The van der Waals surface area contributed by atoms with Crippen LogP contribution in [0.25, 0.3) is 5.76 Å². The monoisotopic (exact) mass is 429 g/mol. The lowest BCUT2D eigenvalue weighted by atomic mass is 9.94. The van der Waals surface area contributed by atoms with E-state index in [1.54, 1.807) is 54.6 Å². The lowest BCUT2D eigenvalue weighted by molar-refractivity contribution is -0.132. The second kappa shape index (κ2) is 8.39. The maximum atomic E-state index is 13.1. The highest BCUT2D eigenvalue weighted by atomic mass is 16.5. The number of carboxylic acid groups (broad SMARTS) is 1. The van der Waals surface area contributed by atoms with Gasteiger partial charge >= 0.3 is 5.97 Å². The number of benzene rings is 3. The number of hydrogen-bond donors (Lipinski definition) is 2. The van der Waals surface area contributed by atoms with E-state index in [2.05, 4.69) is 0 Å². The summed E-state index contributed by atoms with van der Waals surface area (Å²) in [4.78, 5) is 38.7. The quantitative estimate of drug-likeness (QED) is 0.361. The van der Waals surface area contributed by atoms with E-state index < -0.39 is 23.7 Å². The zero-order chi connectivity index (χ0) is 22.8. The predicted molar refractivity (Wildman–Crippen MR) is 118 cm³/mol. The van der Waals surface area contributed by atoms with Crippen molar-refractivity contribution in [2.24, 2.45) is 0 Å². The van der Waals surface area contributed by atoms with E-state index in [1.165, 1.54) is 36.3 Å². The summed E-state index contributed by atoms with van der Waals surface area (Å²) in [6.45, 7) is 0. The van der Waals surface area contributed by atoms with Gasteiger partial charge in [0.15, 0.2) is 0 Å². The number of carbonyl (C=O) groups excluding carboxylic acids is 2. The number of hydrogen-bond acceptors (Lipinski definition) is 5. The molecule has 3 aromatic carbocycles. The Hall–Kier alpha value is -4.39. The average Bonchev–Trinajstić information content (AvgIpc) is 3.09. The van der Waals surface area contributed by atoms with Crippen molar-refractivity contribution in [2.45, 2.75) is 6.04 Å². The van der Waals surface area contributed by atoms with Gasteiger partial charge in [0.25, 0.3) is 11.7 Å². The SMILES string of the molecule is COc1ccc(/C(O)=C2\C(=O)C(=O)N(c3ccccc3)C2c2ccc(C(=O)O)cc2)cc1. The standard InChI is InChI=1S/C25H19NO6/c1-32-19-13-11-16(12-14-19)22(27)20-21(15-7-9-17(10-8-15)25(30)31)26(24(29)23(20)28)18-5-3-2-4-6-18/h2-14,21,27H,1H3,(H,30,31)/b22-20+. The summed E-state index contributed by atoms with van der Waals surface area (Å²) < 4.78 is 5.13. The molecule has 1 unspecified atom stereocenters. The number of anilines is 1. The molecule has 0 aliphatic carbocycles. The van der Waals surface area contributed by atoms with Crippen molar-refractivity contribution in [3.8, 4) is 5.75 Å². The topological polar surface area (TPSA) is 104 Å². The number of aliphatic hydroxyl groups excluding tert-OH is 1.